The number of carbonyl (C=O) groups is 2. The third-order valence-electron chi connectivity index (χ3n) is 4.07. The molecule has 2 aromatic rings. The topological polar surface area (TPSA) is 83.5 Å². The molecule has 0 aliphatic carbocycles. The average Bonchev–Trinajstić information content (AvgIpc) is 2.72. The molecule has 29 heavy (non-hydrogen) atoms. The highest BCUT2D eigenvalue weighted by atomic mass is 32.2. The molecule has 0 radical (unpaired) electrons. The van der Waals surface area contributed by atoms with E-state index in [-0.39, 0.29) is 6.42 Å². The number of terminal acetylenes is 1. The molecule has 150 valence electrons. The third-order valence-corrected chi connectivity index (χ3v) is 5.05. The van der Waals surface area contributed by atoms with Gasteiger partial charge >= 0.3 is 0 Å². The number of carbonyl (C=O) groups excluding carboxylic acids is 2. The molecule has 1 N–H and O–H groups in total. The standard InChI is InChI=1S/C22H22N2O4S/c1-3-11-20(22(26)24(4-2)19-14-9-6-10-15-19)21(25)23-29(27,28)17-16-18-12-7-5-8-13-18/h1,5-10,12-17,20H,4,11H2,2H3,(H,23,25)/b17-16+. The molecule has 0 heterocycles. The molecule has 1 unspecified atom stereocenters. The first-order chi connectivity index (χ1) is 13.9. The normalized spacial score (nSPS) is 12.1. The Kier molecular flexibility index (Phi) is 7.75. The van der Waals surface area contributed by atoms with Gasteiger partial charge in [-0.05, 0) is 30.7 Å². The first-order valence-corrected chi connectivity index (χ1v) is 10.5. The molecule has 0 aliphatic heterocycles. The summed E-state index contributed by atoms with van der Waals surface area (Å²) in [6.45, 7) is 2.06. The zero-order valence-electron chi connectivity index (χ0n) is 16.0. The largest absolute Gasteiger partial charge is 0.312 e. The predicted molar refractivity (Wildman–Crippen MR) is 114 cm³/mol. The fourth-order valence-corrected chi connectivity index (χ4v) is 3.48. The van der Waals surface area contributed by atoms with Gasteiger partial charge in [0.05, 0.1) is 5.41 Å². The lowest BCUT2D eigenvalue weighted by Gasteiger charge is -2.25. The van der Waals surface area contributed by atoms with E-state index in [4.69, 9.17) is 6.42 Å². The summed E-state index contributed by atoms with van der Waals surface area (Å²) >= 11 is 0. The van der Waals surface area contributed by atoms with Crippen LogP contribution in [0.25, 0.3) is 6.08 Å². The van der Waals surface area contributed by atoms with Crippen molar-refractivity contribution in [3.63, 3.8) is 0 Å². The molecule has 2 amide bonds. The van der Waals surface area contributed by atoms with Crippen molar-refractivity contribution >= 4 is 33.6 Å². The summed E-state index contributed by atoms with van der Waals surface area (Å²) in [7, 11) is -4.09. The van der Waals surface area contributed by atoms with Crippen molar-refractivity contribution in [2.75, 3.05) is 11.4 Å². The fourth-order valence-electron chi connectivity index (χ4n) is 2.65. The summed E-state index contributed by atoms with van der Waals surface area (Å²) in [4.78, 5) is 26.9. The van der Waals surface area contributed by atoms with E-state index in [1.807, 2.05) is 4.72 Å². The number of hydrogen-bond donors (Lipinski definition) is 1. The van der Waals surface area contributed by atoms with Crippen molar-refractivity contribution in [1.29, 1.82) is 0 Å². The summed E-state index contributed by atoms with van der Waals surface area (Å²) in [6.07, 6.45) is 6.46. The number of amides is 2. The second kappa shape index (κ2) is 10.2. The smallest absolute Gasteiger partial charge is 0.257 e. The van der Waals surface area contributed by atoms with Gasteiger partial charge in [-0.1, -0.05) is 48.5 Å². The maximum atomic E-state index is 12.9. The first-order valence-electron chi connectivity index (χ1n) is 8.97. The number of para-hydroxylation sites is 1. The molecule has 0 fully saturated rings. The van der Waals surface area contributed by atoms with Crippen molar-refractivity contribution in [3.05, 3.63) is 71.6 Å². The van der Waals surface area contributed by atoms with Gasteiger partial charge in [-0.2, -0.15) is 0 Å². The van der Waals surface area contributed by atoms with Crippen molar-refractivity contribution in [3.8, 4) is 12.3 Å². The minimum atomic E-state index is -4.09. The van der Waals surface area contributed by atoms with Gasteiger partial charge in [0.15, 0.2) is 0 Å². The van der Waals surface area contributed by atoms with E-state index >= 15 is 0 Å². The van der Waals surface area contributed by atoms with Gasteiger partial charge in [-0.15, -0.1) is 12.3 Å². The molecule has 6 nitrogen and oxygen atoms in total. The molecule has 0 bridgehead atoms. The van der Waals surface area contributed by atoms with E-state index in [1.54, 1.807) is 67.6 Å². The van der Waals surface area contributed by atoms with Crippen LogP contribution in [0.3, 0.4) is 0 Å². The monoisotopic (exact) mass is 410 g/mol. The summed E-state index contributed by atoms with van der Waals surface area (Å²) in [5, 5.41) is 0.881. The van der Waals surface area contributed by atoms with Crippen LogP contribution in [0.4, 0.5) is 5.69 Å². The molecular weight excluding hydrogens is 388 g/mol. The first kappa shape index (κ1) is 21.9. The summed E-state index contributed by atoms with van der Waals surface area (Å²) in [5.74, 6) is -0.554. The lowest BCUT2D eigenvalue weighted by atomic mass is 10.0. The summed E-state index contributed by atoms with van der Waals surface area (Å²) in [5.41, 5.74) is 1.25. The van der Waals surface area contributed by atoms with Crippen LogP contribution in [0.5, 0.6) is 0 Å². The Morgan fingerprint density at radius 3 is 2.24 bits per heavy atom. The maximum Gasteiger partial charge on any atom is 0.257 e. The van der Waals surface area contributed by atoms with Crippen LogP contribution < -0.4 is 9.62 Å². The third kappa shape index (κ3) is 6.33. The predicted octanol–water partition coefficient (Wildman–Crippen LogP) is 2.80. The highest BCUT2D eigenvalue weighted by Gasteiger charge is 2.32. The zero-order valence-corrected chi connectivity index (χ0v) is 16.8. The number of nitrogens with one attached hydrogen (secondary N) is 1. The van der Waals surface area contributed by atoms with Crippen LogP contribution in [0, 0.1) is 18.3 Å². The zero-order chi connectivity index (χ0) is 21.3. The molecule has 0 aliphatic rings. The van der Waals surface area contributed by atoms with Gasteiger partial charge in [0.2, 0.25) is 11.8 Å². The van der Waals surface area contributed by atoms with E-state index in [1.165, 1.54) is 11.0 Å². The Balaban J connectivity index is 2.19. The van der Waals surface area contributed by atoms with E-state index in [0.29, 0.717) is 17.8 Å². The molecule has 0 spiro atoms. The van der Waals surface area contributed by atoms with Crippen LogP contribution in [0.2, 0.25) is 0 Å². The number of benzene rings is 2. The van der Waals surface area contributed by atoms with Crippen LogP contribution in [-0.4, -0.2) is 26.8 Å². The highest BCUT2D eigenvalue weighted by molar-refractivity contribution is 7.93. The molecule has 0 saturated heterocycles. The average molecular weight is 410 g/mol. The van der Waals surface area contributed by atoms with E-state index in [9.17, 15) is 18.0 Å². The Bertz CT molecular complexity index is 1010. The molecule has 2 rings (SSSR count). The second-order valence-corrected chi connectivity index (χ2v) is 7.67. The molecular formula is C22H22N2O4S. The van der Waals surface area contributed by atoms with Gasteiger partial charge < -0.3 is 4.90 Å². The van der Waals surface area contributed by atoms with E-state index < -0.39 is 27.8 Å². The van der Waals surface area contributed by atoms with Crippen LogP contribution in [-0.2, 0) is 19.6 Å². The Hall–Kier alpha value is -3.37. The lowest BCUT2D eigenvalue weighted by molar-refractivity contribution is -0.132. The SMILES string of the molecule is C#CCC(C(=O)NS(=O)(=O)/C=C/c1ccccc1)C(=O)N(CC)c1ccccc1. The van der Waals surface area contributed by atoms with Crippen molar-refractivity contribution in [2.45, 2.75) is 13.3 Å². The number of anilines is 1. The highest BCUT2D eigenvalue weighted by Crippen LogP contribution is 2.18. The maximum absolute atomic E-state index is 12.9. The van der Waals surface area contributed by atoms with Gasteiger partial charge in [-0.25, -0.2) is 13.1 Å². The van der Waals surface area contributed by atoms with Gasteiger partial charge in [-0.3, -0.25) is 9.59 Å². The van der Waals surface area contributed by atoms with Crippen LogP contribution in [0.1, 0.15) is 18.9 Å². The number of hydrogen-bond acceptors (Lipinski definition) is 4. The molecule has 2 aromatic carbocycles. The summed E-state index contributed by atoms with van der Waals surface area (Å²) in [6, 6.07) is 17.5. The second-order valence-electron chi connectivity index (χ2n) is 6.10. The van der Waals surface area contributed by atoms with Crippen molar-refractivity contribution in [2.24, 2.45) is 5.92 Å². The fraction of sp³-hybridized carbons (Fsp3) is 0.182. The Labute approximate surface area is 171 Å². The Morgan fingerprint density at radius 2 is 1.69 bits per heavy atom. The van der Waals surface area contributed by atoms with Crippen molar-refractivity contribution in [1.82, 2.24) is 4.72 Å². The van der Waals surface area contributed by atoms with Crippen LogP contribution >= 0.6 is 0 Å². The minimum absolute atomic E-state index is 0.216. The van der Waals surface area contributed by atoms with E-state index in [2.05, 4.69) is 5.92 Å². The number of sulfonamides is 1. The number of nitrogens with zero attached hydrogens (tertiary/aromatic N) is 1. The minimum Gasteiger partial charge on any atom is -0.312 e. The lowest BCUT2D eigenvalue weighted by Crippen LogP contribution is -2.45. The van der Waals surface area contributed by atoms with Gasteiger partial charge in [0, 0.05) is 18.7 Å². The Morgan fingerprint density at radius 1 is 1.10 bits per heavy atom. The van der Waals surface area contributed by atoms with Crippen molar-refractivity contribution < 1.29 is 18.0 Å². The quantitative estimate of drug-likeness (QED) is 0.536. The van der Waals surface area contributed by atoms with Gasteiger partial charge in [0.25, 0.3) is 10.0 Å². The summed E-state index contributed by atoms with van der Waals surface area (Å²) < 4.78 is 26.4. The van der Waals surface area contributed by atoms with Crippen LogP contribution in [0.15, 0.2) is 66.1 Å². The van der Waals surface area contributed by atoms with Gasteiger partial charge in [0.1, 0.15) is 5.92 Å². The molecule has 1 atom stereocenters. The van der Waals surface area contributed by atoms with E-state index in [0.717, 1.165) is 5.41 Å². The molecule has 7 heteroatoms. The molecule has 0 aromatic heterocycles. The molecule has 0 saturated carbocycles. The number of rotatable bonds is 8.